The van der Waals surface area contributed by atoms with Crippen LogP contribution in [0.2, 0.25) is 0 Å². The summed E-state index contributed by atoms with van der Waals surface area (Å²) in [6, 6.07) is 0. The molecular formula is C8H12N2O2. The Morgan fingerprint density at radius 2 is 2.50 bits per heavy atom. The zero-order chi connectivity index (χ0) is 8.97. The first-order valence-electron chi connectivity index (χ1n) is 3.95. The van der Waals surface area contributed by atoms with Gasteiger partial charge in [0.05, 0.1) is 6.20 Å². The highest BCUT2D eigenvalue weighted by Gasteiger charge is 2.00. The van der Waals surface area contributed by atoms with Crippen molar-refractivity contribution in [3.63, 3.8) is 0 Å². The lowest BCUT2D eigenvalue weighted by atomic mass is 10.2. The molecule has 0 unspecified atom stereocenters. The minimum absolute atomic E-state index is 0.176. The van der Waals surface area contributed by atoms with Gasteiger partial charge in [-0.05, 0) is 18.9 Å². The molecule has 1 aromatic heterocycles. The third kappa shape index (κ3) is 2.38. The van der Waals surface area contributed by atoms with Crippen molar-refractivity contribution in [2.24, 2.45) is 0 Å². The zero-order valence-corrected chi connectivity index (χ0v) is 7.03. The van der Waals surface area contributed by atoms with E-state index in [1.54, 1.807) is 10.9 Å². The van der Waals surface area contributed by atoms with Crippen LogP contribution in [0.5, 0.6) is 0 Å². The molecule has 0 fully saturated rings. The van der Waals surface area contributed by atoms with Crippen molar-refractivity contribution in [2.75, 3.05) is 0 Å². The third-order valence-electron chi connectivity index (χ3n) is 1.64. The number of hydrogen-bond acceptors (Lipinski definition) is 2. The molecule has 0 aromatic carbocycles. The maximum Gasteiger partial charge on any atom is 0.303 e. The van der Waals surface area contributed by atoms with E-state index in [1.807, 2.05) is 13.1 Å². The van der Waals surface area contributed by atoms with Crippen LogP contribution in [0.3, 0.4) is 0 Å². The maximum atomic E-state index is 10.2. The van der Waals surface area contributed by atoms with Crippen LogP contribution in [0.25, 0.3) is 0 Å². The standard InChI is InChI=1S/C8H12N2O2/c1-2-10-6-7(5-9-10)3-4-8(11)12/h5-6H,2-4H2,1H3,(H,11,12). The molecule has 1 aromatic rings. The first-order valence-corrected chi connectivity index (χ1v) is 3.95. The van der Waals surface area contributed by atoms with Crippen molar-refractivity contribution < 1.29 is 9.90 Å². The summed E-state index contributed by atoms with van der Waals surface area (Å²) in [7, 11) is 0. The molecule has 0 aliphatic carbocycles. The van der Waals surface area contributed by atoms with Crippen molar-refractivity contribution in [3.8, 4) is 0 Å². The predicted molar refractivity (Wildman–Crippen MR) is 43.9 cm³/mol. The lowest BCUT2D eigenvalue weighted by Crippen LogP contribution is -1.96. The van der Waals surface area contributed by atoms with E-state index >= 15 is 0 Å². The Kier molecular flexibility index (Phi) is 2.85. The summed E-state index contributed by atoms with van der Waals surface area (Å²) in [5.74, 6) is -0.765. The Morgan fingerprint density at radius 1 is 1.75 bits per heavy atom. The second kappa shape index (κ2) is 3.90. The van der Waals surface area contributed by atoms with Crippen LogP contribution >= 0.6 is 0 Å². The van der Waals surface area contributed by atoms with E-state index in [1.165, 1.54) is 0 Å². The molecule has 1 rings (SSSR count). The molecule has 0 atom stereocenters. The summed E-state index contributed by atoms with van der Waals surface area (Å²) >= 11 is 0. The second-order valence-corrected chi connectivity index (χ2v) is 2.60. The van der Waals surface area contributed by atoms with Gasteiger partial charge in [-0.1, -0.05) is 0 Å². The summed E-state index contributed by atoms with van der Waals surface area (Å²) in [5, 5.41) is 12.4. The average Bonchev–Trinajstić information content (AvgIpc) is 2.48. The zero-order valence-electron chi connectivity index (χ0n) is 7.03. The molecule has 0 radical (unpaired) electrons. The van der Waals surface area contributed by atoms with E-state index in [4.69, 9.17) is 5.11 Å². The third-order valence-corrected chi connectivity index (χ3v) is 1.64. The number of aliphatic carboxylic acids is 1. The average molecular weight is 168 g/mol. The summed E-state index contributed by atoms with van der Waals surface area (Å²) < 4.78 is 1.79. The SMILES string of the molecule is CCn1cc(CCC(=O)O)cn1. The number of carbonyl (C=O) groups is 1. The van der Waals surface area contributed by atoms with Crippen molar-refractivity contribution in [2.45, 2.75) is 26.3 Å². The van der Waals surface area contributed by atoms with Gasteiger partial charge in [0.1, 0.15) is 0 Å². The van der Waals surface area contributed by atoms with Gasteiger partial charge in [-0.15, -0.1) is 0 Å². The van der Waals surface area contributed by atoms with Gasteiger partial charge < -0.3 is 5.11 Å². The normalized spacial score (nSPS) is 10.1. The van der Waals surface area contributed by atoms with Crippen LogP contribution in [0.1, 0.15) is 18.9 Å². The van der Waals surface area contributed by atoms with Gasteiger partial charge in [0.15, 0.2) is 0 Å². The molecule has 4 nitrogen and oxygen atoms in total. The Morgan fingerprint density at radius 3 is 3.00 bits per heavy atom. The minimum atomic E-state index is -0.765. The topological polar surface area (TPSA) is 55.1 Å². The number of rotatable bonds is 4. The number of nitrogens with zero attached hydrogens (tertiary/aromatic N) is 2. The summed E-state index contributed by atoms with van der Waals surface area (Å²) in [4.78, 5) is 10.2. The molecule has 0 bridgehead atoms. The Bertz CT molecular complexity index is 268. The highest BCUT2D eigenvalue weighted by atomic mass is 16.4. The minimum Gasteiger partial charge on any atom is -0.481 e. The van der Waals surface area contributed by atoms with Crippen LogP contribution in [0.4, 0.5) is 0 Å². The smallest absolute Gasteiger partial charge is 0.303 e. The Labute approximate surface area is 70.8 Å². The van der Waals surface area contributed by atoms with Gasteiger partial charge in [0, 0.05) is 19.2 Å². The molecular weight excluding hydrogens is 156 g/mol. The van der Waals surface area contributed by atoms with Gasteiger partial charge in [-0.3, -0.25) is 9.48 Å². The van der Waals surface area contributed by atoms with Gasteiger partial charge in [-0.2, -0.15) is 5.10 Å². The number of aryl methyl sites for hydroxylation is 2. The van der Waals surface area contributed by atoms with E-state index in [-0.39, 0.29) is 6.42 Å². The molecule has 66 valence electrons. The highest BCUT2D eigenvalue weighted by molar-refractivity contribution is 5.67. The molecule has 1 N–H and O–H groups in total. The number of carboxylic acid groups (broad SMARTS) is 1. The Balaban J connectivity index is 2.47. The van der Waals surface area contributed by atoms with Crippen LogP contribution in [0, 0.1) is 0 Å². The molecule has 0 saturated heterocycles. The van der Waals surface area contributed by atoms with E-state index in [0.29, 0.717) is 6.42 Å². The van der Waals surface area contributed by atoms with Crippen molar-refractivity contribution in [1.29, 1.82) is 0 Å². The second-order valence-electron chi connectivity index (χ2n) is 2.60. The first kappa shape index (κ1) is 8.77. The largest absolute Gasteiger partial charge is 0.481 e. The van der Waals surface area contributed by atoms with Gasteiger partial charge in [0.2, 0.25) is 0 Å². The predicted octanol–water partition coefficient (Wildman–Crippen LogP) is 0.920. The summed E-state index contributed by atoms with van der Waals surface area (Å²) in [6.45, 7) is 2.82. The first-order chi connectivity index (χ1) is 5.72. The van der Waals surface area contributed by atoms with E-state index in [9.17, 15) is 4.79 Å². The molecule has 0 aliphatic rings. The van der Waals surface area contributed by atoms with Crippen LogP contribution in [-0.4, -0.2) is 20.9 Å². The fourth-order valence-electron chi connectivity index (χ4n) is 0.960. The van der Waals surface area contributed by atoms with Gasteiger partial charge >= 0.3 is 5.97 Å². The maximum absolute atomic E-state index is 10.2. The van der Waals surface area contributed by atoms with Crippen molar-refractivity contribution >= 4 is 5.97 Å². The fourth-order valence-corrected chi connectivity index (χ4v) is 0.960. The molecule has 0 aliphatic heterocycles. The lowest BCUT2D eigenvalue weighted by Gasteiger charge is -1.92. The Hall–Kier alpha value is -1.32. The van der Waals surface area contributed by atoms with Gasteiger partial charge in [0.25, 0.3) is 0 Å². The molecule has 1 heterocycles. The molecule has 4 heteroatoms. The highest BCUT2D eigenvalue weighted by Crippen LogP contribution is 2.01. The lowest BCUT2D eigenvalue weighted by molar-refractivity contribution is -0.136. The molecule has 0 amide bonds. The van der Waals surface area contributed by atoms with Crippen LogP contribution < -0.4 is 0 Å². The fraction of sp³-hybridized carbons (Fsp3) is 0.500. The quantitative estimate of drug-likeness (QED) is 0.727. The molecule has 12 heavy (non-hydrogen) atoms. The van der Waals surface area contributed by atoms with Gasteiger partial charge in [-0.25, -0.2) is 0 Å². The van der Waals surface area contributed by atoms with Crippen LogP contribution in [0.15, 0.2) is 12.4 Å². The number of hydrogen-bond donors (Lipinski definition) is 1. The van der Waals surface area contributed by atoms with E-state index in [2.05, 4.69) is 5.10 Å². The van der Waals surface area contributed by atoms with E-state index in [0.717, 1.165) is 12.1 Å². The number of carboxylic acids is 1. The van der Waals surface area contributed by atoms with E-state index < -0.39 is 5.97 Å². The molecule has 0 saturated carbocycles. The summed E-state index contributed by atoms with van der Waals surface area (Å²) in [6.07, 6.45) is 4.33. The monoisotopic (exact) mass is 168 g/mol. The van der Waals surface area contributed by atoms with Crippen molar-refractivity contribution in [3.05, 3.63) is 18.0 Å². The number of aromatic nitrogens is 2. The summed E-state index contributed by atoms with van der Waals surface area (Å²) in [5.41, 5.74) is 0.985. The van der Waals surface area contributed by atoms with Crippen molar-refractivity contribution in [1.82, 2.24) is 9.78 Å². The molecule has 0 spiro atoms. The van der Waals surface area contributed by atoms with Crippen LogP contribution in [-0.2, 0) is 17.8 Å².